The quantitative estimate of drug-likeness (QED) is 0.638. The van der Waals surface area contributed by atoms with E-state index < -0.39 is 18.1 Å². The molecule has 104 valence electrons. The van der Waals surface area contributed by atoms with Crippen molar-refractivity contribution in [3.63, 3.8) is 0 Å². The van der Waals surface area contributed by atoms with Crippen LogP contribution in [0.2, 0.25) is 0 Å². The number of carbonyl (C=O) groups excluding carboxylic acids is 2. The Hall–Kier alpha value is -1.10. The molecule has 1 heterocycles. The molecule has 5 heteroatoms. The van der Waals surface area contributed by atoms with Gasteiger partial charge in [-0.3, -0.25) is 9.59 Å². The van der Waals surface area contributed by atoms with Gasteiger partial charge in [-0.15, -0.1) is 0 Å². The van der Waals surface area contributed by atoms with Crippen molar-refractivity contribution in [2.45, 2.75) is 64.0 Å². The van der Waals surface area contributed by atoms with Crippen LogP contribution in [0.3, 0.4) is 0 Å². The number of ether oxygens (including phenoxy) is 1. The minimum Gasteiger partial charge on any atom is -0.368 e. The maximum Gasteiger partial charge on any atom is 0.249 e. The molecule has 0 aromatic carbocycles. The molecule has 0 aliphatic carbocycles. The standard InChI is InChI=1S/C13H24N2O3/c1-2-3-4-5-7-10(12(14)16)15-13(17)11-8-6-9-18-11/h10-11H,2-9H2,1H3,(H2,14,16)(H,15,17)/t10-,11-/m1/s1. The van der Waals surface area contributed by atoms with Crippen molar-refractivity contribution in [3.05, 3.63) is 0 Å². The number of hydrogen-bond acceptors (Lipinski definition) is 3. The molecule has 0 saturated carbocycles. The highest BCUT2D eigenvalue weighted by atomic mass is 16.5. The van der Waals surface area contributed by atoms with E-state index in [2.05, 4.69) is 12.2 Å². The number of hydrogen-bond donors (Lipinski definition) is 2. The summed E-state index contributed by atoms with van der Waals surface area (Å²) in [5, 5.41) is 2.70. The van der Waals surface area contributed by atoms with Gasteiger partial charge in [0.05, 0.1) is 0 Å². The lowest BCUT2D eigenvalue weighted by atomic mass is 10.1. The zero-order chi connectivity index (χ0) is 13.4. The number of carbonyl (C=O) groups is 2. The Bertz CT molecular complexity index is 275. The van der Waals surface area contributed by atoms with E-state index >= 15 is 0 Å². The summed E-state index contributed by atoms with van der Waals surface area (Å²) in [4.78, 5) is 23.1. The zero-order valence-electron chi connectivity index (χ0n) is 11.1. The lowest BCUT2D eigenvalue weighted by Gasteiger charge is -2.17. The third kappa shape index (κ3) is 5.04. The van der Waals surface area contributed by atoms with Gasteiger partial charge in [-0.05, 0) is 19.3 Å². The molecule has 1 saturated heterocycles. The molecule has 0 spiro atoms. The van der Waals surface area contributed by atoms with Crippen molar-refractivity contribution < 1.29 is 14.3 Å². The van der Waals surface area contributed by atoms with Crippen LogP contribution < -0.4 is 11.1 Å². The molecular formula is C13H24N2O3. The number of amides is 2. The third-order valence-corrected chi connectivity index (χ3v) is 3.23. The molecule has 3 N–H and O–H groups in total. The average molecular weight is 256 g/mol. The van der Waals surface area contributed by atoms with E-state index in [-0.39, 0.29) is 5.91 Å². The van der Waals surface area contributed by atoms with Gasteiger partial charge in [-0.1, -0.05) is 32.6 Å². The zero-order valence-corrected chi connectivity index (χ0v) is 11.1. The van der Waals surface area contributed by atoms with Crippen LogP contribution in [0.5, 0.6) is 0 Å². The van der Waals surface area contributed by atoms with E-state index in [4.69, 9.17) is 10.5 Å². The number of nitrogens with two attached hydrogens (primary N) is 1. The van der Waals surface area contributed by atoms with Crippen LogP contribution in [0.4, 0.5) is 0 Å². The maximum absolute atomic E-state index is 11.8. The predicted octanol–water partition coefficient (Wildman–Crippen LogP) is 1.11. The number of rotatable bonds is 8. The summed E-state index contributed by atoms with van der Waals surface area (Å²) in [5.41, 5.74) is 5.30. The van der Waals surface area contributed by atoms with Gasteiger partial charge in [-0.2, -0.15) is 0 Å². The Kier molecular flexibility index (Phi) is 6.72. The van der Waals surface area contributed by atoms with E-state index in [1.54, 1.807) is 0 Å². The van der Waals surface area contributed by atoms with Gasteiger partial charge in [0.25, 0.3) is 0 Å². The van der Waals surface area contributed by atoms with Crippen molar-refractivity contribution >= 4 is 11.8 Å². The van der Waals surface area contributed by atoms with Crippen LogP contribution in [0.25, 0.3) is 0 Å². The molecule has 0 aromatic rings. The molecule has 1 aliphatic rings. The first-order valence-electron chi connectivity index (χ1n) is 6.86. The summed E-state index contributed by atoms with van der Waals surface area (Å²) in [7, 11) is 0. The lowest BCUT2D eigenvalue weighted by molar-refractivity contribution is -0.133. The van der Waals surface area contributed by atoms with Crippen molar-refractivity contribution in [1.29, 1.82) is 0 Å². The SMILES string of the molecule is CCCCCC[C@@H](NC(=O)[C@H]1CCCO1)C(N)=O. The molecule has 1 aliphatic heterocycles. The normalized spacial score (nSPS) is 20.6. The average Bonchev–Trinajstić information content (AvgIpc) is 2.86. The summed E-state index contributed by atoms with van der Waals surface area (Å²) < 4.78 is 5.27. The van der Waals surface area contributed by atoms with Crippen molar-refractivity contribution in [1.82, 2.24) is 5.32 Å². The molecule has 18 heavy (non-hydrogen) atoms. The molecule has 0 bridgehead atoms. The van der Waals surface area contributed by atoms with Gasteiger partial charge in [-0.25, -0.2) is 0 Å². The third-order valence-electron chi connectivity index (χ3n) is 3.23. The van der Waals surface area contributed by atoms with Crippen molar-refractivity contribution in [2.75, 3.05) is 6.61 Å². The van der Waals surface area contributed by atoms with E-state index in [9.17, 15) is 9.59 Å². The van der Waals surface area contributed by atoms with Gasteiger partial charge in [0, 0.05) is 6.61 Å². The largest absolute Gasteiger partial charge is 0.368 e. The fourth-order valence-electron chi connectivity index (χ4n) is 2.11. The topological polar surface area (TPSA) is 81.4 Å². The highest BCUT2D eigenvalue weighted by Gasteiger charge is 2.27. The number of primary amides is 1. The summed E-state index contributed by atoms with van der Waals surface area (Å²) in [6.45, 7) is 2.75. The second kappa shape index (κ2) is 8.08. The molecule has 5 nitrogen and oxygen atoms in total. The Morgan fingerprint density at radius 3 is 2.72 bits per heavy atom. The fraction of sp³-hybridized carbons (Fsp3) is 0.846. The molecule has 0 unspecified atom stereocenters. The Balaban J connectivity index is 2.32. The van der Waals surface area contributed by atoms with Crippen LogP contribution >= 0.6 is 0 Å². The molecule has 0 aromatic heterocycles. The molecule has 2 amide bonds. The minimum absolute atomic E-state index is 0.202. The smallest absolute Gasteiger partial charge is 0.249 e. The summed E-state index contributed by atoms with van der Waals surface area (Å²) in [5.74, 6) is -0.662. The second-order valence-corrected chi connectivity index (χ2v) is 4.81. The maximum atomic E-state index is 11.8. The van der Waals surface area contributed by atoms with E-state index in [1.165, 1.54) is 0 Å². The molecule has 1 fully saturated rings. The van der Waals surface area contributed by atoms with E-state index in [1.807, 2.05) is 0 Å². The van der Waals surface area contributed by atoms with Gasteiger partial charge in [0.1, 0.15) is 12.1 Å². The molecule has 0 radical (unpaired) electrons. The summed E-state index contributed by atoms with van der Waals surface area (Å²) >= 11 is 0. The van der Waals surface area contributed by atoms with Crippen molar-refractivity contribution in [2.24, 2.45) is 5.73 Å². The first-order valence-corrected chi connectivity index (χ1v) is 6.86. The van der Waals surface area contributed by atoms with Gasteiger partial charge in [0.2, 0.25) is 11.8 Å². The van der Waals surface area contributed by atoms with Crippen LogP contribution in [0.15, 0.2) is 0 Å². The Morgan fingerprint density at radius 1 is 1.39 bits per heavy atom. The second-order valence-electron chi connectivity index (χ2n) is 4.81. The van der Waals surface area contributed by atoms with Crippen LogP contribution in [0, 0.1) is 0 Å². The minimum atomic E-state index is -0.557. The van der Waals surface area contributed by atoms with Crippen LogP contribution in [-0.2, 0) is 14.3 Å². The number of nitrogens with one attached hydrogen (secondary N) is 1. The molecular weight excluding hydrogens is 232 g/mol. The van der Waals surface area contributed by atoms with Crippen LogP contribution in [0.1, 0.15) is 51.9 Å². The van der Waals surface area contributed by atoms with Gasteiger partial charge < -0.3 is 15.8 Å². The van der Waals surface area contributed by atoms with Crippen LogP contribution in [-0.4, -0.2) is 30.6 Å². The Labute approximate surface area is 108 Å². The highest BCUT2D eigenvalue weighted by Crippen LogP contribution is 2.13. The summed E-state index contributed by atoms with van der Waals surface area (Å²) in [6, 6.07) is -0.557. The summed E-state index contributed by atoms with van der Waals surface area (Å²) in [6.07, 6.45) is 6.11. The highest BCUT2D eigenvalue weighted by molar-refractivity contribution is 5.88. The first kappa shape index (κ1) is 15.0. The molecule has 2 atom stereocenters. The lowest BCUT2D eigenvalue weighted by Crippen LogP contribution is -2.47. The predicted molar refractivity (Wildman–Crippen MR) is 68.9 cm³/mol. The Morgan fingerprint density at radius 2 is 2.17 bits per heavy atom. The fourth-order valence-corrected chi connectivity index (χ4v) is 2.11. The number of unbranched alkanes of at least 4 members (excludes halogenated alkanes) is 3. The van der Waals surface area contributed by atoms with Crippen molar-refractivity contribution in [3.8, 4) is 0 Å². The van der Waals surface area contributed by atoms with Gasteiger partial charge >= 0.3 is 0 Å². The van der Waals surface area contributed by atoms with E-state index in [0.29, 0.717) is 13.0 Å². The molecule has 1 rings (SSSR count). The van der Waals surface area contributed by atoms with E-state index in [0.717, 1.165) is 38.5 Å². The van der Waals surface area contributed by atoms with Gasteiger partial charge in [0.15, 0.2) is 0 Å². The monoisotopic (exact) mass is 256 g/mol. The first-order chi connectivity index (χ1) is 8.65.